The van der Waals surface area contributed by atoms with Gasteiger partial charge in [0.25, 0.3) is 0 Å². The van der Waals surface area contributed by atoms with Crippen LogP contribution in [0.4, 0.5) is 0 Å². The standard InChI is InChI=1S/C16H27N3O3/c1-12(2)14(18(4)15(21)10-17-11-20)9-13(3)16(22)19-7-5-6-8-19/h9,11-12,14H,5-8,10H2,1-4H3,(H,17,20)/b13-9+/t14-/m1/s1. The highest BCUT2D eigenvalue weighted by Gasteiger charge is 2.24. The van der Waals surface area contributed by atoms with Gasteiger partial charge in [0.2, 0.25) is 18.2 Å². The summed E-state index contributed by atoms with van der Waals surface area (Å²) in [6.45, 7) is 7.41. The lowest BCUT2D eigenvalue weighted by Crippen LogP contribution is -2.43. The number of hydrogen-bond acceptors (Lipinski definition) is 3. The smallest absolute Gasteiger partial charge is 0.249 e. The van der Waals surface area contributed by atoms with Gasteiger partial charge in [0, 0.05) is 25.7 Å². The summed E-state index contributed by atoms with van der Waals surface area (Å²) in [7, 11) is 1.70. The Labute approximate surface area is 132 Å². The van der Waals surface area contributed by atoms with E-state index in [9.17, 15) is 14.4 Å². The Morgan fingerprint density at radius 1 is 1.27 bits per heavy atom. The Hall–Kier alpha value is -1.85. The molecule has 1 N–H and O–H groups in total. The summed E-state index contributed by atoms with van der Waals surface area (Å²) in [5, 5.41) is 2.38. The zero-order chi connectivity index (χ0) is 16.7. The third-order valence-corrected chi connectivity index (χ3v) is 4.01. The Bertz CT molecular complexity index is 440. The van der Waals surface area contributed by atoms with Gasteiger partial charge in [-0.2, -0.15) is 0 Å². The van der Waals surface area contributed by atoms with Crippen molar-refractivity contribution in [1.29, 1.82) is 0 Å². The molecule has 0 aromatic heterocycles. The van der Waals surface area contributed by atoms with E-state index >= 15 is 0 Å². The first-order valence-corrected chi connectivity index (χ1v) is 7.78. The second-order valence-corrected chi connectivity index (χ2v) is 6.09. The highest BCUT2D eigenvalue weighted by molar-refractivity contribution is 5.93. The van der Waals surface area contributed by atoms with Gasteiger partial charge in [-0.15, -0.1) is 0 Å². The summed E-state index contributed by atoms with van der Waals surface area (Å²) in [6, 6.07) is -0.174. The van der Waals surface area contributed by atoms with Crippen LogP contribution >= 0.6 is 0 Å². The molecule has 1 aliphatic rings. The van der Waals surface area contributed by atoms with Crippen molar-refractivity contribution in [1.82, 2.24) is 15.1 Å². The Balaban J connectivity index is 2.80. The van der Waals surface area contributed by atoms with Crippen LogP contribution in [0.25, 0.3) is 0 Å². The summed E-state index contributed by atoms with van der Waals surface area (Å²) in [6.07, 6.45) is 4.49. The van der Waals surface area contributed by atoms with E-state index in [-0.39, 0.29) is 30.3 Å². The molecule has 3 amide bonds. The Kier molecular flexibility index (Phi) is 7.08. The van der Waals surface area contributed by atoms with Crippen LogP contribution in [0.5, 0.6) is 0 Å². The van der Waals surface area contributed by atoms with E-state index in [2.05, 4.69) is 5.32 Å². The fourth-order valence-electron chi connectivity index (χ4n) is 2.67. The molecule has 1 atom stereocenters. The first-order chi connectivity index (χ1) is 10.4. The lowest BCUT2D eigenvalue weighted by Gasteiger charge is -2.30. The maximum atomic E-state index is 12.4. The largest absolute Gasteiger partial charge is 0.350 e. The van der Waals surface area contributed by atoms with Crippen molar-refractivity contribution < 1.29 is 14.4 Å². The molecule has 6 heteroatoms. The van der Waals surface area contributed by atoms with Crippen LogP contribution in [0.2, 0.25) is 0 Å². The van der Waals surface area contributed by atoms with Gasteiger partial charge in [-0.25, -0.2) is 0 Å². The van der Waals surface area contributed by atoms with Crippen molar-refractivity contribution >= 4 is 18.2 Å². The van der Waals surface area contributed by atoms with Crippen LogP contribution in [-0.4, -0.2) is 60.7 Å². The van der Waals surface area contributed by atoms with E-state index in [0.717, 1.165) is 25.9 Å². The molecule has 0 bridgehead atoms. The molecule has 0 aliphatic carbocycles. The van der Waals surface area contributed by atoms with Gasteiger partial charge >= 0.3 is 0 Å². The molecule has 0 unspecified atom stereocenters. The van der Waals surface area contributed by atoms with Gasteiger partial charge in [-0.1, -0.05) is 19.9 Å². The molecular formula is C16H27N3O3. The van der Waals surface area contributed by atoms with Crippen LogP contribution in [0.3, 0.4) is 0 Å². The van der Waals surface area contributed by atoms with Crippen LogP contribution in [-0.2, 0) is 14.4 Å². The fraction of sp³-hybridized carbons (Fsp3) is 0.688. The second-order valence-electron chi connectivity index (χ2n) is 6.09. The van der Waals surface area contributed by atoms with Crippen LogP contribution in [0.15, 0.2) is 11.6 Å². The van der Waals surface area contributed by atoms with E-state index in [0.29, 0.717) is 12.0 Å². The first-order valence-electron chi connectivity index (χ1n) is 7.78. The predicted molar refractivity (Wildman–Crippen MR) is 85.0 cm³/mol. The average molecular weight is 309 g/mol. The molecule has 1 aliphatic heterocycles. The van der Waals surface area contributed by atoms with Crippen molar-refractivity contribution in [3.05, 3.63) is 11.6 Å². The molecule has 0 saturated carbocycles. The summed E-state index contributed by atoms with van der Waals surface area (Å²) >= 11 is 0. The van der Waals surface area contributed by atoms with Gasteiger partial charge in [0.1, 0.15) is 0 Å². The van der Waals surface area contributed by atoms with Gasteiger partial charge in [0.05, 0.1) is 12.6 Å². The minimum absolute atomic E-state index is 0.0316. The van der Waals surface area contributed by atoms with Crippen molar-refractivity contribution in [2.24, 2.45) is 5.92 Å². The molecule has 0 spiro atoms. The summed E-state index contributed by atoms with van der Waals surface area (Å²) in [5.41, 5.74) is 0.670. The number of hydrogen-bond donors (Lipinski definition) is 1. The quantitative estimate of drug-likeness (QED) is 0.558. The molecule has 0 aromatic carbocycles. The normalized spacial score (nSPS) is 16.6. The number of likely N-dealkylation sites (N-methyl/N-ethyl adjacent to an activating group) is 1. The molecular weight excluding hydrogens is 282 g/mol. The molecule has 1 rings (SSSR count). The number of rotatable bonds is 7. The number of carbonyl (C=O) groups is 3. The molecule has 0 radical (unpaired) electrons. The van der Waals surface area contributed by atoms with Gasteiger partial charge in [-0.05, 0) is 25.7 Å². The second kappa shape index (κ2) is 8.56. The van der Waals surface area contributed by atoms with Crippen LogP contribution in [0, 0.1) is 5.92 Å². The molecule has 124 valence electrons. The van der Waals surface area contributed by atoms with E-state index in [1.807, 2.05) is 24.8 Å². The summed E-state index contributed by atoms with van der Waals surface area (Å²) in [4.78, 5) is 38.1. The molecule has 1 saturated heterocycles. The third kappa shape index (κ3) is 4.86. The summed E-state index contributed by atoms with van der Waals surface area (Å²) < 4.78 is 0. The number of nitrogens with zero attached hydrogens (tertiary/aromatic N) is 2. The Morgan fingerprint density at radius 3 is 2.36 bits per heavy atom. The van der Waals surface area contributed by atoms with Gasteiger partial charge in [0.15, 0.2) is 0 Å². The minimum Gasteiger partial charge on any atom is -0.350 e. The molecule has 1 fully saturated rings. The highest BCUT2D eigenvalue weighted by Crippen LogP contribution is 2.16. The zero-order valence-corrected chi connectivity index (χ0v) is 14.0. The SMILES string of the molecule is C/C(=C\[C@H](C(C)C)N(C)C(=O)CNC=O)C(=O)N1CCCC1. The van der Waals surface area contributed by atoms with Crippen molar-refractivity contribution in [2.75, 3.05) is 26.7 Å². The van der Waals surface area contributed by atoms with Gasteiger partial charge in [-0.3, -0.25) is 14.4 Å². The van der Waals surface area contributed by atoms with Crippen molar-refractivity contribution in [3.8, 4) is 0 Å². The number of likely N-dealkylation sites (tertiary alicyclic amines) is 1. The van der Waals surface area contributed by atoms with Crippen molar-refractivity contribution in [3.63, 3.8) is 0 Å². The molecule has 0 aromatic rings. The molecule has 1 heterocycles. The number of carbonyl (C=O) groups excluding carboxylic acids is 3. The first kappa shape index (κ1) is 18.2. The van der Waals surface area contributed by atoms with Crippen LogP contribution < -0.4 is 5.32 Å². The molecule has 6 nitrogen and oxygen atoms in total. The highest BCUT2D eigenvalue weighted by atomic mass is 16.2. The maximum absolute atomic E-state index is 12.4. The molecule has 22 heavy (non-hydrogen) atoms. The lowest BCUT2D eigenvalue weighted by atomic mass is 9.99. The third-order valence-electron chi connectivity index (χ3n) is 4.01. The number of amides is 3. The van der Waals surface area contributed by atoms with E-state index in [1.54, 1.807) is 18.9 Å². The average Bonchev–Trinajstić information content (AvgIpc) is 3.02. The minimum atomic E-state index is -0.177. The summed E-state index contributed by atoms with van der Waals surface area (Å²) in [5.74, 6) is 0.0463. The van der Waals surface area contributed by atoms with Gasteiger partial charge < -0.3 is 15.1 Å². The van der Waals surface area contributed by atoms with E-state index < -0.39 is 0 Å². The van der Waals surface area contributed by atoms with Crippen LogP contribution in [0.1, 0.15) is 33.6 Å². The fourth-order valence-corrected chi connectivity index (χ4v) is 2.67. The monoisotopic (exact) mass is 309 g/mol. The number of nitrogens with one attached hydrogen (secondary N) is 1. The Morgan fingerprint density at radius 2 is 1.86 bits per heavy atom. The topological polar surface area (TPSA) is 69.7 Å². The predicted octanol–water partition coefficient (Wildman–Crippen LogP) is 0.784. The zero-order valence-electron chi connectivity index (χ0n) is 14.0. The van der Waals surface area contributed by atoms with E-state index in [4.69, 9.17) is 0 Å². The maximum Gasteiger partial charge on any atom is 0.249 e. The van der Waals surface area contributed by atoms with Crippen molar-refractivity contribution in [2.45, 2.75) is 39.7 Å². The lowest BCUT2D eigenvalue weighted by molar-refractivity contribution is -0.132. The van der Waals surface area contributed by atoms with E-state index in [1.165, 1.54) is 0 Å².